The van der Waals surface area contributed by atoms with Crippen LogP contribution in [-0.2, 0) is 22.5 Å². The van der Waals surface area contributed by atoms with E-state index < -0.39 is 0 Å². The van der Waals surface area contributed by atoms with Crippen LogP contribution in [0.25, 0.3) is 10.9 Å². The van der Waals surface area contributed by atoms with Crippen molar-refractivity contribution < 1.29 is 13.9 Å². The van der Waals surface area contributed by atoms with Crippen molar-refractivity contribution in [3.05, 3.63) is 102 Å². The number of esters is 1. The van der Waals surface area contributed by atoms with Crippen molar-refractivity contribution in [2.24, 2.45) is 0 Å². The molecule has 6 nitrogen and oxygen atoms in total. The van der Waals surface area contributed by atoms with Gasteiger partial charge >= 0.3 is 5.97 Å². The SMILES string of the molecule is CCOC(=O)/C=C\C[C@H]1c2[nH]c3ccccc3c2C[C@@H](c2cnco2)N1Cc1ccccc1. The summed E-state index contributed by atoms with van der Waals surface area (Å²) in [6.07, 6.45) is 8.24. The summed E-state index contributed by atoms with van der Waals surface area (Å²) in [4.78, 5) is 22.3. The summed E-state index contributed by atoms with van der Waals surface area (Å²) in [5.74, 6) is 0.535. The van der Waals surface area contributed by atoms with Crippen LogP contribution in [0.3, 0.4) is 0 Å². The van der Waals surface area contributed by atoms with E-state index in [4.69, 9.17) is 9.15 Å². The Hall–Kier alpha value is -3.64. The quantitative estimate of drug-likeness (QED) is 0.303. The zero-order chi connectivity index (χ0) is 22.6. The number of fused-ring (bicyclic) bond motifs is 3. The lowest BCUT2D eigenvalue weighted by Gasteiger charge is -2.41. The first-order valence-electron chi connectivity index (χ1n) is 11.4. The van der Waals surface area contributed by atoms with Gasteiger partial charge in [-0.15, -0.1) is 0 Å². The van der Waals surface area contributed by atoms with Crippen LogP contribution in [0.1, 0.15) is 48.0 Å². The van der Waals surface area contributed by atoms with Crippen molar-refractivity contribution in [2.75, 3.05) is 6.61 Å². The smallest absolute Gasteiger partial charge is 0.330 e. The number of hydrogen-bond donors (Lipinski definition) is 1. The van der Waals surface area contributed by atoms with E-state index in [2.05, 4.69) is 63.4 Å². The van der Waals surface area contributed by atoms with E-state index in [1.807, 2.05) is 25.3 Å². The number of ether oxygens (including phenoxy) is 1. The molecule has 0 spiro atoms. The van der Waals surface area contributed by atoms with Crippen LogP contribution >= 0.6 is 0 Å². The van der Waals surface area contributed by atoms with E-state index >= 15 is 0 Å². The molecule has 2 aromatic carbocycles. The summed E-state index contributed by atoms with van der Waals surface area (Å²) in [6.45, 7) is 2.93. The number of para-hydroxylation sites is 1. The van der Waals surface area contributed by atoms with Gasteiger partial charge in [0, 0.05) is 29.2 Å². The summed E-state index contributed by atoms with van der Waals surface area (Å²) in [6, 6.07) is 18.9. The van der Waals surface area contributed by atoms with E-state index in [0.717, 1.165) is 24.2 Å². The van der Waals surface area contributed by atoms with Crippen LogP contribution < -0.4 is 0 Å². The maximum absolute atomic E-state index is 11.9. The number of aromatic amines is 1. The number of H-pyrrole nitrogens is 1. The van der Waals surface area contributed by atoms with Crippen molar-refractivity contribution in [2.45, 2.75) is 38.4 Å². The van der Waals surface area contributed by atoms with Gasteiger partial charge < -0.3 is 14.1 Å². The van der Waals surface area contributed by atoms with Gasteiger partial charge in [0.2, 0.25) is 0 Å². The molecule has 0 aliphatic carbocycles. The van der Waals surface area contributed by atoms with Crippen molar-refractivity contribution in [3.63, 3.8) is 0 Å². The Bertz CT molecular complexity index is 1240. The third-order valence-corrected chi connectivity index (χ3v) is 6.27. The molecular weight excluding hydrogens is 414 g/mol. The Morgan fingerprint density at radius 1 is 1.21 bits per heavy atom. The first-order valence-corrected chi connectivity index (χ1v) is 11.4. The Morgan fingerprint density at radius 2 is 2.03 bits per heavy atom. The highest BCUT2D eigenvalue weighted by Crippen LogP contribution is 2.45. The van der Waals surface area contributed by atoms with E-state index in [9.17, 15) is 4.79 Å². The number of aromatic nitrogens is 2. The van der Waals surface area contributed by atoms with E-state index in [-0.39, 0.29) is 18.1 Å². The normalized spacial score (nSPS) is 18.6. The molecule has 168 valence electrons. The number of carbonyl (C=O) groups excluding carboxylic acids is 1. The van der Waals surface area contributed by atoms with Gasteiger partial charge in [0.05, 0.1) is 24.9 Å². The molecule has 2 atom stereocenters. The van der Waals surface area contributed by atoms with Gasteiger partial charge in [0.15, 0.2) is 6.39 Å². The van der Waals surface area contributed by atoms with Gasteiger partial charge in [-0.2, -0.15) is 0 Å². The molecule has 2 aromatic heterocycles. The highest BCUT2D eigenvalue weighted by atomic mass is 16.5. The number of carbonyl (C=O) groups is 1. The fourth-order valence-corrected chi connectivity index (χ4v) is 4.82. The fourth-order valence-electron chi connectivity index (χ4n) is 4.82. The average molecular weight is 442 g/mol. The van der Waals surface area contributed by atoms with Crippen molar-refractivity contribution in [1.82, 2.24) is 14.9 Å². The van der Waals surface area contributed by atoms with Crippen LogP contribution in [0.5, 0.6) is 0 Å². The van der Waals surface area contributed by atoms with Crippen LogP contribution in [0, 0.1) is 0 Å². The molecule has 1 N–H and O–H groups in total. The lowest BCUT2D eigenvalue weighted by molar-refractivity contribution is -0.137. The van der Waals surface area contributed by atoms with Crippen LogP contribution in [0.2, 0.25) is 0 Å². The third kappa shape index (κ3) is 4.34. The zero-order valence-electron chi connectivity index (χ0n) is 18.6. The fraction of sp³-hybridized carbons (Fsp3) is 0.259. The summed E-state index contributed by atoms with van der Waals surface area (Å²) < 4.78 is 10.9. The summed E-state index contributed by atoms with van der Waals surface area (Å²) in [5.41, 5.74) is 4.84. The van der Waals surface area contributed by atoms with Crippen LogP contribution in [0.15, 0.2) is 83.8 Å². The van der Waals surface area contributed by atoms with Gasteiger partial charge in [-0.25, -0.2) is 9.78 Å². The van der Waals surface area contributed by atoms with E-state index in [0.29, 0.717) is 13.0 Å². The van der Waals surface area contributed by atoms with Crippen LogP contribution in [-0.4, -0.2) is 27.4 Å². The predicted octanol–water partition coefficient (Wildman–Crippen LogP) is 5.51. The minimum atomic E-state index is -0.313. The molecule has 4 aromatic rings. The monoisotopic (exact) mass is 441 g/mol. The topological polar surface area (TPSA) is 71.4 Å². The third-order valence-electron chi connectivity index (χ3n) is 6.27. The minimum absolute atomic E-state index is 0.0282. The Morgan fingerprint density at radius 3 is 2.82 bits per heavy atom. The molecular formula is C27H27N3O3. The number of oxazole rings is 1. The summed E-state index contributed by atoms with van der Waals surface area (Å²) >= 11 is 0. The molecule has 0 amide bonds. The molecule has 1 aliphatic heterocycles. The maximum atomic E-state index is 11.9. The second-order valence-corrected chi connectivity index (χ2v) is 8.25. The van der Waals surface area contributed by atoms with Gasteiger partial charge in [-0.05, 0) is 37.0 Å². The number of rotatable bonds is 7. The van der Waals surface area contributed by atoms with Gasteiger partial charge in [-0.3, -0.25) is 4.90 Å². The molecule has 5 rings (SSSR count). The average Bonchev–Trinajstić information content (AvgIpc) is 3.49. The second-order valence-electron chi connectivity index (χ2n) is 8.25. The predicted molar refractivity (Wildman–Crippen MR) is 126 cm³/mol. The van der Waals surface area contributed by atoms with Gasteiger partial charge in [0.1, 0.15) is 5.76 Å². The Labute approximate surface area is 192 Å². The van der Waals surface area contributed by atoms with Crippen molar-refractivity contribution in [3.8, 4) is 0 Å². The number of nitrogens with one attached hydrogen (secondary N) is 1. The van der Waals surface area contributed by atoms with E-state index in [1.165, 1.54) is 34.7 Å². The first kappa shape index (κ1) is 21.2. The molecule has 33 heavy (non-hydrogen) atoms. The lowest BCUT2D eigenvalue weighted by atomic mass is 9.88. The number of nitrogens with zero attached hydrogens (tertiary/aromatic N) is 2. The van der Waals surface area contributed by atoms with Crippen LogP contribution in [0.4, 0.5) is 0 Å². The molecule has 6 heteroatoms. The summed E-state index contributed by atoms with van der Waals surface area (Å²) in [7, 11) is 0. The Balaban J connectivity index is 1.59. The Kier molecular flexibility index (Phi) is 6.09. The van der Waals surface area contributed by atoms with E-state index in [1.54, 1.807) is 0 Å². The minimum Gasteiger partial charge on any atom is -0.463 e. The maximum Gasteiger partial charge on any atom is 0.330 e. The number of benzene rings is 2. The van der Waals surface area contributed by atoms with Crippen molar-refractivity contribution in [1.29, 1.82) is 0 Å². The van der Waals surface area contributed by atoms with Crippen molar-refractivity contribution >= 4 is 16.9 Å². The molecule has 1 aliphatic rings. The highest BCUT2D eigenvalue weighted by Gasteiger charge is 2.38. The molecule has 0 saturated heterocycles. The first-order chi connectivity index (χ1) is 16.2. The molecule has 0 saturated carbocycles. The highest BCUT2D eigenvalue weighted by molar-refractivity contribution is 5.85. The molecule has 0 fully saturated rings. The molecule has 0 unspecified atom stereocenters. The summed E-state index contributed by atoms with van der Waals surface area (Å²) in [5, 5.41) is 1.23. The molecule has 3 heterocycles. The largest absolute Gasteiger partial charge is 0.463 e. The van der Waals surface area contributed by atoms with Gasteiger partial charge in [-0.1, -0.05) is 54.6 Å². The standard InChI is InChI=1S/C27H27N3O3/c1-2-32-26(31)14-8-13-23-27-21(20-11-6-7-12-22(20)29-27)15-24(25-16-28-18-33-25)30(23)17-19-9-4-3-5-10-19/h3-12,14,16,18,23-24,29H,2,13,15,17H2,1H3/b14-8-/t23-,24-/m0/s1. The zero-order valence-corrected chi connectivity index (χ0v) is 18.6. The second kappa shape index (κ2) is 9.46. The molecule has 0 bridgehead atoms. The van der Waals surface area contributed by atoms with Gasteiger partial charge in [0.25, 0.3) is 0 Å². The molecule has 0 radical (unpaired) electrons. The lowest BCUT2D eigenvalue weighted by Crippen LogP contribution is -2.37. The number of hydrogen-bond acceptors (Lipinski definition) is 5.